The summed E-state index contributed by atoms with van der Waals surface area (Å²) >= 11 is 1.82. The van der Waals surface area contributed by atoms with Gasteiger partial charge in [-0.25, -0.2) is 4.98 Å². The highest BCUT2D eigenvalue weighted by Crippen LogP contribution is 2.32. The van der Waals surface area contributed by atoms with E-state index in [2.05, 4.69) is 48.3 Å². The molecule has 21 heavy (non-hydrogen) atoms. The summed E-state index contributed by atoms with van der Waals surface area (Å²) in [6.07, 6.45) is 2.35. The molecule has 1 aromatic carbocycles. The molecule has 0 aliphatic carbocycles. The Kier molecular flexibility index (Phi) is 4.56. The highest BCUT2D eigenvalue weighted by molar-refractivity contribution is 7.16. The van der Waals surface area contributed by atoms with Gasteiger partial charge < -0.3 is 10.2 Å². The average molecular weight is 301 g/mol. The number of rotatable bonds is 4. The number of piperazine rings is 1. The Labute approximate surface area is 131 Å². The van der Waals surface area contributed by atoms with Gasteiger partial charge in [-0.15, -0.1) is 11.3 Å². The lowest BCUT2D eigenvalue weighted by Crippen LogP contribution is -2.43. The van der Waals surface area contributed by atoms with Gasteiger partial charge in [0.05, 0.1) is 5.69 Å². The SMILES string of the molecule is CCCc1ccc(-c2nc(N3CCNCC3)sc2C)cc1. The van der Waals surface area contributed by atoms with Gasteiger partial charge in [0.1, 0.15) is 0 Å². The van der Waals surface area contributed by atoms with Crippen LogP contribution in [-0.2, 0) is 6.42 Å². The molecule has 3 rings (SSSR count). The summed E-state index contributed by atoms with van der Waals surface area (Å²) < 4.78 is 0. The van der Waals surface area contributed by atoms with Crippen molar-refractivity contribution < 1.29 is 0 Å². The quantitative estimate of drug-likeness (QED) is 0.937. The van der Waals surface area contributed by atoms with Crippen molar-refractivity contribution in [3.8, 4) is 11.3 Å². The summed E-state index contributed by atoms with van der Waals surface area (Å²) in [6, 6.07) is 8.91. The Bertz CT molecular complexity index is 583. The zero-order valence-electron chi connectivity index (χ0n) is 12.9. The maximum absolute atomic E-state index is 4.90. The van der Waals surface area contributed by atoms with E-state index in [0.717, 1.165) is 38.3 Å². The minimum Gasteiger partial charge on any atom is -0.346 e. The van der Waals surface area contributed by atoms with Gasteiger partial charge in [0.25, 0.3) is 0 Å². The largest absolute Gasteiger partial charge is 0.346 e. The molecular weight excluding hydrogens is 278 g/mol. The van der Waals surface area contributed by atoms with Gasteiger partial charge in [0, 0.05) is 36.6 Å². The van der Waals surface area contributed by atoms with Crippen LogP contribution in [0.25, 0.3) is 11.3 Å². The van der Waals surface area contributed by atoms with Crippen LogP contribution in [0, 0.1) is 6.92 Å². The second-order valence-electron chi connectivity index (χ2n) is 5.59. The zero-order chi connectivity index (χ0) is 14.7. The molecular formula is C17H23N3S. The molecule has 112 valence electrons. The molecule has 1 saturated heterocycles. The zero-order valence-corrected chi connectivity index (χ0v) is 13.7. The van der Waals surface area contributed by atoms with Crippen LogP contribution < -0.4 is 10.2 Å². The molecule has 2 heterocycles. The first kappa shape index (κ1) is 14.5. The molecule has 1 N–H and O–H groups in total. The van der Waals surface area contributed by atoms with Crippen LogP contribution in [0.15, 0.2) is 24.3 Å². The Morgan fingerprint density at radius 1 is 1.19 bits per heavy atom. The fraction of sp³-hybridized carbons (Fsp3) is 0.471. The van der Waals surface area contributed by atoms with Gasteiger partial charge in [-0.3, -0.25) is 0 Å². The van der Waals surface area contributed by atoms with Crippen molar-refractivity contribution in [3.63, 3.8) is 0 Å². The van der Waals surface area contributed by atoms with Crippen molar-refractivity contribution >= 4 is 16.5 Å². The molecule has 2 aromatic rings. The Morgan fingerprint density at radius 3 is 2.57 bits per heavy atom. The topological polar surface area (TPSA) is 28.2 Å². The molecule has 3 nitrogen and oxygen atoms in total. The number of nitrogens with zero attached hydrogens (tertiary/aromatic N) is 2. The predicted octanol–water partition coefficient (Wildman–Crippen LogP) is 3.48. The number of nitrogens with one attached hydrogen (secondary N) is 1. The lowest BCUT2D eigenvalue weighted by Gasteiger charge is -2.26. The van der Waals surface area contributed by atoms with E-state index in [0.29, 0.717) is 0 Å². The summed E-state index contributed by atoms with van der Waals surface area (Å²) in [6.45, 7) is 8.62. The molecule has 0 atom stereocenters. The summed E-state index contributed by atoms with van der Waals surface area (Å²) in [5.74, 6) is 0. The van der Waals surface area contributed by atoms with Crippen LogP contribution in [0.5, 0.6) is 0 Å². The number of aromatic nitrogens is 1. The number of benzene rings is 1. The molecule has 1 aliphatic heterocycles. The van der Waals surface area contributed by atoms with Crippen molar-refractivity contribution in [1.82, 2.24) is 10.3 Å². The number of hydrogen-bond donors (Lipinski definition) is 1. The Balaban J connectivity index is 1.83. The van der Waals surface area contributed by atoms with Crippen LogP contribution >= 0.6 is 11.3 Å². The second kappa shape index (κ2) is 6.58. The molecule has 1 aromatic heterocycles. The molecule has 0 radical (unpaired) electrons. The maximum atomic E-state index is 4.90. The van der Waals surface area contributed by atoms with Gasteiger partial charge in [-0.05, 0) is 18.9 Å². The first-order chi connectivity index (χ1) is 10.3. The number of anilines is 1. The highest BCUT2D eigenvalue weighted by Gasteiger charge is 2.17. The normalized spacial score (nSPS) is 15.4. The molecule has 0 bridgehead atoms. The standard InChI is InChI=1S/C17H23N3S/c1-3-4-14-5-7-15(8-6-14)16-13(2)21-17(19-16)20-11-9-18-10-12-20/h5-8,18H,3-4,9-12H2,1-2H3. The van der Waals surface area contributed by atoms with Gasteiger partial charge in [0.15, 0.2) is 5.13 Å². The third-order valence-electron chi connectivity index (χ3n) is 3.94. The minimum absolute atomic E-state index is 1.06. The highest BCUT2D eigenvalue weighted by atomic mass is 32.1. The fourth-order valence-corrected chi connectivity index (χ4v) is 3.74. The van der Waals surface area contributed by atoms with E-state index in [1.54, 1.807) is 0 Å². The van der Waals surface area contributed by atoms with Crippen molar-refractivity contribution in [2.24, 2.45) is 0 Å². The van der Waals surface area contributed by atoms with E-state index in [9.17, 15) is 0 Å². The Morgan fingerprint density at radius 2 is 1.90 bits per heavy atom. The molecule has 0 saturated carbocycles. The molecule has 4 heteroatoms. The van der Waals surface area contributed by atoms with Crippen molar-refractivity contribution in [1.29, 1.82) is 0 Å². The van der Waals surface area contributed by atoms with Crippen molar-refractivity contribution in [2.75, 3.05) is 31.1 Å². The van der Waals surface area contributed by atoms with Gasteiger partial charge >= 0.3 is 0 Å². The number of thiazole rings is 1. The van der Waals surface area contributed by atoms with Crippen LogP contribution in [0.2, 0.25) is 0 Å². The first-order valence-electron chi connectivity index (χ1n) is 7.80. The van der Waals surface area contributed by atoms with E-state index >= 15 is 0 Å². The van der Waals surface area contributed by atoms with Crippen molar-refractivity contribution in [2.45, 2.75) is 26.7 Å². The van der Waals surface area contributed by atoms with Crippen molar-refractivity contribution in [3.05, 3.63) is 34.7 Å². The van der Waals surface area contributed by atoms with Gasteiger partial charge in [-0.2, -0.15) is 0 Å². The second-order valence-corrected chi connectivity index (χ2v) is 6.77. The van der Waals surface area contributed by atoms with Gasteiger partial charge in [0.2, 0.25) is 0 Å². The molecule has 0 unspecified atom stereocenters. The van der Waals surface area contributed by atoms with Crippen LogP contribution in [-0.4, -0.2) is 31.2 Å². The van der Waals surface area contributed by atoms with Crippen LogP contribution in [0.1, 0.15) is 23.8 Å². The first-order valence-corrected chi connectivity index (χ1v) is 8.62. The summed E-state index contributed by atoms with van der Waals surface area (Å²) in [5, 5.41) is 4.56. The Hall–Kier alpha value is -1.39. The van der Waals surface area contributed by atoms with Gasteiger partial charge in [-0.1, -0.05) is 37.6 Å². The van der Waals surface area contributed by atoms with E-state index < -0.39 is 0 Å². The lowest BCUT2D eigenvalue weighted by molar-refractivity contribution is 0.588. The number of hydrogen-bond acceptors (Lipinski definition) is 4. The predicted molar refractivity (Wildman–Crippen MR) is 91.4 cm³/mol. The third-order valence-corrected chi connectivity index (χ3v) is 4.97. The maximum Gasteiger partial charge on any atom is 0.186 e. The lowest BCUT2D eigenvalue weighted by atomic mass is 10.1. The summed E-state index contributed by atoms with van der Waals surface area (Å²) in [4.78, 5) is 8.60. The third kappa shape index (κ3) is 3.27. The molecule has 0 amide bonds. The van der Waals surface area contributed by atoms with Crippen LogP contribution in [0.4, 0.5) is 5.13 Å². The summed E-state index contributed by atoms with van der Waals surface area (Å²) in [5.41, 5.74) is 3.80. The number of aryl methyl sites for hydroxylation is 2. The molecule has 0 spiro atoms. The minimum atomic E-state index is 1.06. The van der Waals surface area contributed by atoms with E-state index in [1.807, 2.05) is 11.3 Å². The van der Waals surface area contributed by atoms with Crippen LogP contribution in [0.3, 0.4) is 0 Å². The molecule has 1 aliphatic rings. The monoisotopic (exact) mass is 301 g/mol. The average Bonchev–Trinajstić information content (AvgIpc) is 2.91. The van der Waals surface area contributed by atoms with E-state index in [-0.39, 0.29) is 0 Å². The summed E-state index contributed by atoms with van der Waals surface area (Å²) in [7, 11) is 0. The van der Waals surface area contributed by atoms with E-state index in [1.165, 1.54) is 27.6 Å². The smallest absolute Gasteiger partial charge is 0.186 e. The van der Waals surface area contributed by atoms with E-state index in [4.69, 9.17) is 4.98 Å². The molecule has 1 fully saturated rings. The fourth-order valence-electron chi connectivity index (χ4n) is 2.76.